The molecule has 0 fully saturated rings. The number of hydrogen-bond donors (Lipinski definition) is 1. The van der Waals surface area contributed by atoms with Crippen molar-refractivity contribution in [3.63, 3.8) is 0 Å². The number of amides is 1. The first-order valence-electron chi connectivity index (χ1n) is 8.90. The van der Waals surface area contributed by atoms with Gasteiger partial charge in [-0.05, 0) is 56.3 Å². The standard InChI is InChI=1S/C22H17BrClN3O2/c1-13-9-16(14(2)27(13)19-6-4-3-5-18(19)24)12-25-26-22(28)21-11-15-10-17(23)7-8-20(15)29-21/h3-12H,1-2H3,(H,26,28)/b25-12+. The van der Waals surface area contributed by atoms with Crippen LogP contribution in [0.4, 0.5) is 0 Å². The van der Waals surface area contributed by atoms with Gasteiger partial charge < -0.3 is 8.98 Å². The smallest absolute Gasteiger partial charge is 0.307 e. The summed E-state index contributed by atoms with van der Waals surface area (Å²) in [4.78, 5) is 12.4. The Morgan fingerprint density at radius 3 is 2.76 bits per heavy atom. The summed E-state index contributed by atoms with van der Waals surface area (Å²) in [5, 5.41) is 5.61. The van der Waals surface area contributed by atoms with Crippen LogP contribution in [0.1, 0.15) is 27.5 Å². The van der Waals surface area contributed by atoms with Crippen LogP contribution < -0.4 is 5.43 Å². The van der Waals surface area contributed by atoms with Crippen molar-refractivity contribution in [2.75, 3.05) is 0 Å². The average molecular weight is 471 g/mol. The number of hydrogen-bond acceptors (Lipinski definition) is 3. The van der Waals surface area contributed by atoms with Crippen molar-refractivity contribution < 1.29 is 9.21 Å². The van der Waals surface area contributed by atoms with Crippen LogP contribution in [0.15, 0.2) is 68.6 Å². The molecule has 0 bridgehead atoms. The minimum Gasteiger partial charge on any atom is -0.451 e. The first-order chi connectivity index (χ1) is 13.9. The molecule has 2 aromatic carbocycles. The van der Waals surface area contributed by atoms with Gasteiger partial charge in [-0.15, -0.1) is 0 Å². The number of nitrogens with zero attached hydrogens (tertiary/aromatic N) is 2. The molecular formula is C22H17BrClN3O2. The van der Waals surface area contributed by atoms with Gasteiger partial charge in [-0.2, -0.15) is 5.10 Å². The molecule has 1 N–H and O–H groups in total. The molecule has 29 heavy (non-hydrogen) atoms. The topological polar surface area (TPSA) is 59.5 Å². The highest BCUT2D eigenvalue weighted by Crippen LogP contribution is 2.26. The van der Waals surface area contributed by atoms with Gasteiger partial charge in [0.25, 0.3) is 0 Å². The number of aryl methyl sites for hydroxylation is 1. The summed E-state index contributed by atoms with van der Waals surface area (Å²) in [6, 6.07) is 16.9. The third-order valence-electron chi connectivity index (χ3n) is 4.64. The molecule has 0 spiro atoms. The molecule has 5 nitrogen and oxygen atoms in total. The Bertz CT molecular complexity index is 1260. The molecule has 1 amide bonds. The third-order valence-corrected chi connectivity index (χ3v) is 5.45. The molecule has 146 valence electrons. The van der Waals surface area contributed by atoms with Crippen molar-refractivity contribution >= 4 is 50.6 Å². The molecule has 4 rings (SSSR count). The van der Waals surface area contributed by atoms with Gasteiger partial charge in [-0.1, -0.05) is 39.7 Å². The van der Waals surface area contributed by atoms with E-state index in [4.69, 9.17) is 16.0 Å². The largest absolute Gasteiger partial charge is 0.451 e. The first-order valence-corrected chi connectivity index (χ1v) is 10.1. The Hall–Kier alpha value is -2.83. The molecule has 0 aliphatic rings. The van der Waals surface area contributed by atoms with Crippen LogP contribution in [0, 0.1) is 13.8 Å². The van der Waals surface area contributed by atoms with Gasteiger partial charge >= 0.3 is 5.91 Å². The summed E-state index contributed by atoms with van der Waals surface area (Å²) in [6.07, 6.45) is 1.62. The number of nitrogens with one attached hydrogen (secondary N) is 1. The lowest BCUT2D eigenvalue weighted by Gasteiger charge is -2.11. The van der Waals surface area contributed by atoms with Crippen LogP contribution in [0.25, 0.3) is 16.7 Å². The van der Waals surface area contributed by atoms with Gasteiger partial charge in [0.1, 0.15) is 5.58 Å². The van der Waals surface area contributed by atoms with Crippen LogP contribution in [0.2, 0.25) is 5.02 Å². The maximum atomic E-state index is 12.4. The zero-order valence-corrected chi connectivity index (χ0v) is 18.1. The highest BCUT2D eigenvalue weighted by atomic mass is 79.9. The number of aromatic nitrogens is 1. The summed E-state index contributed by atoms with van der Waals surface area (Å²) in [5.74, 6) is -0.203. The number of fused-ring (bicyclic) bond motifs is 1. The highest BCUT2D eigenvalue weighted by molar-refractivity contribution is 9.10. The van der Waals surface area contributed by atoms with Crippen LogP contribution in [0.3, 0.4) is 0 Å². The Balaban J connectivity index is 1.54. The lowest BCUT2D eigenvalue weighted by atomic mass is 10.2. The molecule has 0 atom stereocenters. The molecule has 4 aromatic rings. The SMILES string of the molecule is Cc1cc(/C=N/NC(=O)c2cc3cc(Br)ccc3o2)c(C)n1-c1ccccc1Cl. The zero-order valence-electron chi connectivity index (χ0n) is 15.7. The summed E-state index contributed by atoms with van der Waals surface area (Å²) < 4.78 is 8.56. The molecule has 2 aromatic heterocycles. The maximum Gasteiger partial charge on any atom is 0.307 e. The van der Waals surface area contributed by atoms with Gasteiger partial charge in [0.15, 0.2) is 5.76 Å². The molecular weight excluding hydrogens is 454 g/mol. The van der Waals surface area contributed by atoms with Gasteiger partial charge in [0.2, 0.25) is 0 Å². The molecule has 7 heteroatoms. The van der Waals surface area contributed by atoms with Crippen LogP contribution in [-0.4, -0.2) is 16.7 Å². The van der Waals surface area contributed by atoms with Gasteiger partial charge in [0, 0.05) is 26.8 Å². The average Bonchev–Trinajstić information content (AvgIpc) is 3.23. The predicted octanol–water partition coefficient (Wildman–Crippen LogP) is 6.02. The quantitative estimate of drug-likeness (QED) is 0.293. The molecule has 2 heterocycles. The van der Waals surface area contributed by atoms with Gasteiger partial charge in [0.05, 0.1) is 16.9 Å². The van der Waals surface area contributed by atoms with E-state index in [0.29, 0.717) is 10.6 Å². The number of halogens is 2. The number of furan rings is 1. The fraction of sp³-hybridized carbons (Fsp3) is 0.0909. The van der Waals surface area contributed by atoms with E-state index in [0.717, 1.165) is 32.5 Å². The summed E-state index contributed by atoms with van der Waals surface area (Å²) in [6.45, 7) is 3.98. The monoisotopic (exact) mass is 469 g/mol. The lowest BCUT2D eigenvalue weighted by Crippen LogP contribution is -2.16. The number of carbonyl (C=O) groups excluding carboxylic acids is 1. The second-order valence-corrected chi connectivity index (χ2v) is 7.93. The fourth-order valence-electron chi connectivity index (χ4n) is 3.26. The molecule has 0 aliphatic carbocycles. The lowest BCUT2D eigenvalue weighted by molar-refractivity contribution is 0.0929. The number of rotatable bonds is 4. The van der Waals surface area contributed by atoms with Gasteiger partial charge in [-0.3, -0.25) is 4.79 Å². The Morgan fingerprint density at radius 1 is 1.17 bits per heavy atom. The highest BCUT2D eigenvalue weighted by Gasteiger charge is 2.13. The van der Waals surface area contributed by atoms with Crippen molar-refractivity contribution in [3.8, 4) is 5.69 Å². The zero-order chi connectivity index (χ0) is 20.5. The van der Waals surface area contributed by atoms with Gasteiger partial charge in [-0.25, -0.2) is 5.43 Å². The number of para-hydroxylation sites is 1. The summed E-state index contributed by atoms with van der Waals surface area (Å²) in [5.41, 5.74) is 6.95. The molecule has 0 aliphatic heterocycles. The molecule has 0 unspecified atom stereocenters. The number of hydrazone groups is 1. The van der Waals surface area contributed by atoms with Crippen LogP contribution in [-0.2, 0) is 0 Å². The normalized spacial score (nSPS) is 11.4. The van der Waals surface area contributed by atoms with Crippen molar-refractivity contribution in [2.24, 2.45) is 5.10 Å². The summed E-state index contributed by atoms with van der Waals surface area (Å²) in [7, 11) is 0. The van der Waals surface area contributed by atoms with Crippen molar-refractivity contribution in [1.29, 1.82) is 0 Å². The Kier molecular flexibility index (Phi) is 5.30. The van der Waals surface area contributed by atoms with Crippen molar-refractivity contribution in [2.45, 2.75) is 13.8 Å². The van der Waals surface area contributed by atoms with E-state index >= 15 is 0 Å². The van der Waals surface area contributed by atoms with Crippen molar-refractivity contribution in [3.05, 3.63) is 86.8 Å². The van der Waals surface area contributed by atoms with Crippen LogP contribution >= 0.6 is 27.5 Å². The first kappa shape index (κ1) is 19.5. The molecule has 0 saturated carbocycles. The van der Waals surface area contributed by atoms with Crippen LogP contribution in [0.5, 0.6) is 0 Å². The van der Waals surface area contributed by atoms with E-state index in [1.54, 1.807) is 12.3 Å². The minimum absolute atomic E-state index is 0.205. The fourth-order valence-corrected chi connectivity index (χ4v) is 3.86. The maximum absolute atomic E-state index is 12.4. The van der Waals surface area contributed by atoms with E-state index in [-0.39, 0.29) is 5.76 Å². The predicted molar refractivity (Wildman–Crippen MR) is 119 cm³/mol. The van der Waals surface area contributed by atoms with E-state index < -0.39 is 5.91 Å². The third kappa shape index (κ3) is 3.86. The second-order valence-electron chi connectivity index (χ2n) is 6.61. The van der Waals surface area contributed by atoms with E-state index in [1.165, 1.54) is 0 Å². The van der Waals surface area contributed by atoms with E-state index in [9.17, 15) is 4.79 Å². The van der Waals surface area contributed by atoms with E-state index in [2.05, 4.69) is 31.0 Å². The molecule has 0 saturated heterocycles. The minimum atomic E-state index is -0.409. The Labute approximate surface area is 181 Å². The molecule has 0 radical (unpaired) electrons. The number of carbonyl (C=O) groups is 1. The summed E-state index contributed by atoms with van der Waals surface area (Å²) >= 11 is 9.75. The van der Waals surface area contributed by atoms with E-state index in [1.807, 2.05) is 62.4 Å². The number of benzene rings is 2. The second kappa shape index (κ2) is 7.89. The van der Waals surface area contributed by atoms with Crippen molar-refractivity contribution in [1.82, 2.24) is 9.99 Å². The Morgan fingerprint density at radius 2 is 1.97 bits per heavy atom.